The molecule has 126 valence electrons. The Hall–Kier alpha value is -3.02. The van der Waals surface area contributed by atoms with Gasteiger partial charge < -0.3 is 15.2 Å². The fourth-order valence-electron chi connectivity index (χ4n) is 2.09. The highest BCUT2D eigenvalue weighted by Gasteiger charge is 2.07. The first-order chi connectivity index (χ1) is 11.6. The van der Waals surface area contributed by atoms with Crippen molar-refractivity contribution in [1.82, 2.24) is 5.43 Å². The number of carbonyl (C=O) groups is 1. The van der Waals surface area contributed by atoms with Crippen molar-refractivity contribution >= 4 is 12.2 Å². The van der Waals surface area contributed by atoms with E-state index in [2.05, 4.69) is 10.5 Å². The Bertz CT molecular complexity index is 729. The lowest BCUT2D eigenvalue weighted by molar-refractivity contribution is 0.249. The normalized spacial score (nSPS) is 10.6. The molecule has 2 amide bonds. The van der Waals surface area contributed by atoms with Crippen molar-refractivity contribution in [2.45, 2.75) is 20.5 Å². The summed E-state index contributed by atoms with van der Waals surface area (Å²) in [6.45, 7) is 4.93. The molecule has 2 aromatic carbocycles. The van der Waals surface area contributed by atoms with E-state index in [1.54, 1.807) is 6.07 Å². The lowest BCUT2D eigenvalue weighted by atomic mass is 10.1. The van der Waals surface area contributed by atoms with Crippen molar-refractivity contribution in [3.05, 3.63) is 59.2 Å². The van der Waals surface area contributed by atoms with Crippen LogP contribution in [0.2, 0.25) is 0 Å². The smallest absolute Gasteiger partial charge is 0.332 e. The fraction of sp³-hybridized carbons (Fsp3) is 0.222. The van der Waals surface area contributed by atoms with Crippen molar-refractivity contribution < 1.29 is 14.3 Å². The van der Waals surface area contributed by atoms with Gasteiger partial charge in [-0.1, -0.05) is 24.3 Å². The Kier molecular flexibility index (Phi) is 6.19. The van der Waals surface area contributed by atoms with Crippen molar-refractivity contribution in [3.8, 4) is 11.5 Å². The lowest BCUT2D eigenvalue weighted by Crippen LogP contribution is -2.24. The summed E-state index contributed by atoms with van der Waals surface area (Å²) < 4.78 is 11.5. The van der Waals surface area contributed by atoms with Gasteiger partial charge >= 0.3 is 6.03 Å². The van der Waals surface area contributed by atoms with Gasteiger partial charge in [-0.2, -0.15) is 5.10 Å². The molecule has 0 saturated carbocycles. The molecule has 0 saturated heterocycles. The molecule has 0 unspecified atom stereocenters. The topological polar surface area (TPSA) is 85.9 Å². The number of rotatable bonds is 7. The molecule has 0 aliphatic heterocycles. The van der Waals surface area contributed by atoms with Crippen LogP contribution in [-0.2, 0) is 6.61 Å². The number of urea groups is 1. The van der Waals surface area contributed by atoms with Crippen LogP contribution in [0.15, 0.2) is 47.6 Å². The van der Waals surface area contributed by atoms with E-state index in [1.807, 2.05) is 50.2 Å². The van der Waals surface area contributed by atoms with Crippen LogP contribution < -0.4 is 20.6 Å². The van der Waals surface area contributed by atoms with Gasteiger partial charge in [0, 0.05) is 0 Å². The molecule has 0 aliphatic carbocycles. The molecular formula is C18H21N3O3. The van der Waals surface area contributed by atoms with Gasteiger partial charge in [-0.05, 0) is 48.7 Å². The highest BCUT2D eigenvalue weighted by molar-refractivity contribution is 5.82. The molecule has 0 radical (unpaired) electrons. The first-order valence-corrected chi connectivity index (χ1v) is 7.62. The number of nitrogens with one attached hydrogen (secondary N) is 1. The number of primary amides is 1. The molecule has 0 atom stereocenters. The van der Waals surface area contributed by atoms with Crippen LogP contribution in [0.4, 0.5) is 4.79 Å². The number of carbonyl (C=O) groups excluding carboxylic acids is 1. The number of hydrogen-bond donors (Lipinski definition) is 2. The molecule has 0 aliphatic rings. The van der Waals surface area contributed by atoms with E-state index >= 15 is 0 Å². The van der Waals surface area contributed by atoms with Gasteiger partial charge in [0.1, 0.15) is 6.61 Å². The Morgan fingerprint density at radius 3 is 2.71 bits per heavy atom. The molecular weight excluding hydrogens is 306 g/mol. The van der Waals surface area contributed by atoms with E-state index in [9.17, 15) is 4.79 Å². The number of amides is 2. The average molecular weight is 327 g/mol. The predicted octanol–water partition coefficient (Wildman–Crippen LogP) is 2.97. The first-order valence-electron chi connectivity index (χ1n) is 7.62. The summed E-state index contributed by atoms with van der Waals surface area (Å²) in [6.07, 6.45) is 1.48. The summed E-state index contributed by atoms with van der Waals surface area (Å²) in [7, 11) is 0. The third-order valence-electron chi connectivity index (χ3n) is 3.30. The third-order valence-corrected chi connectivity index (χ3v) is 3.30. The van der Waals surface area contributed by atoms with Crippen molar-refractivity contribution in [2.75, 3.05) is 6.61 Å². The van der Waals surface area contributed by atoms with Crippen LogP contribution in [0.25, 0.3) is 0 Å². The second kappa shape index (κ2) is 8.57. The second-order valence-corrected chi connectivity index (χ2v) is 5.09. The van der Waals surface area contributed by atoms with Crippen LogP contribution in [0.5, 0.6) is 11.5 Å². The Morgan fingerprint density at radius 2 is 2.00 bits per heavy atom. The van der Waals surface area contributed by atoms with E-state index in [-0.39, 0.29) is 0 Å². The van der Waals surface area contributed by atoms with Gasteiger partial charge in [0.2, 0.25) is 0 Å². The largest absolute Gasteiger partial charge is 0.490 e. The number of ether oxygens (including phenoxy) is 2. The Labute approximate surface area is 141 Å². The maximum Gasteiger partial charge on any atom is 0.332 e. The molecule has 2 aromatic rings. The van der Waals surface area contributed by atoms with E-state index in [0.717, 1.165) is 11.1 Å². The zero-order valence-electron chi connectivity index (χ0n) is 13.8. The highest BCUT2D eigenvalue weighted by atomic mass is 16.5. The molecule has 2 rings (SSSR count). The molecule has 24 heavy (non-hydrogen) atoms. The summed E-state index contributed by atoms with van der Waals surface area (Å²) in [5.74, 6) is 1.27. The van der Waals surface area contributed by atoms with Gasteiger partial charge in [0.25, 0.3) is 0 Å². The second-order valence-electron chi connectivity index (χ2n) is 5.09. The molecule has 0 bridgehead atoms. The molecule has 6 nitrogen and oxygen atoms in total. The average Bonchev–Trinajstić information content (AvgIpc) is 2.55. The molecule has 6 heteroatoms. The molecule has 0 fully saturated rings. The minimum Gasteiger partial charge on any atom is -0.490 e. The van der Waals surface area contributed by atoms with E-state index in [0.29, 0.717) is 24.7 Å². The monoisotopic (exact) mass is 327 g/mol. The van der Waals surface area contributed by atoms with E-state index in [1.165, 1.54) is 11.8 Å². The SMILES string of the molecule is CCOc1cc(C=NNC(N)=O)ccc1OCc1ccccc1C. The fourth-order valence-corrected chi connectivity index (χ4v) is 2.09. The van der Waals surface area contributed by atoms with Crippen LogP contribution in [-0.4, -0.2) is 18.9 Å². The van der Waals surface area contributed by atoms with Gasteiger partial charge in [-0.3, -0.25) is 0 Å². The number of nitrogens with two attached hydrogens (primary N) is 1. The van der Waals surface area contributed by atoms with Crippen LogP contribution in [0.3, 0.4) is 0 Å². The van der Waals surface area contributed by atoms with Crippen molar-refractivity contribution in [1.29, 1.82) is 0 Å². The van der Waals surface area contributed by atoms with Gasteiger partial charge in [-0.15, -0.1) is 0 Å². The maximum atomic E-state index is 10.6. The summed E-state index contributed by atoms with van der Waals surface area (Å²) in [4.78, 5) is 10.6. The number of hydrogen-bond acceptors (Lipinski definition) is 4. The summed E-state index contributed by atoms with van der Waals surface area (Å²) in [6, 6.07) is 12.8. The lowest BCUT2D eigenvalue weighted by Gasteiger charge is -2.13. The van der Waals surface area contributed by atoms with Crippen molar-refractivity contribution in [2.24, 2.45) is 10.8 Å². The van der Waals surface area contributed by atoms with Gasteiger partial charge in [-0.25, -0.2) is 10.2 Å². The highest BCUT2D eigenvalue weighted by Crippen LogP contribution is 2.29. The third kappa shape index (κ3) is 5.01. The van der Waals surface area contributed by atoms with E-state index in [4.69, 9.17) is 15.2 Å². The number of benzene rings is 2. The molecule has 0 spiro atoms. The van der Waals surface area contributed by atoms with E-state index < -0.39 is 6.03 Å². The number of aryl methyl sites for hydroxylation is 1. The zero-order valence-corrected chi connectivity index (χ0v) is 13.8. The maximum absolute atomic E-state index is 10.6. The van der Waals surface area contributed by atoms with Gasteiger partial charge in [0.15, 0.2) is 11.5 Å². The molecule has 0 heterocycles. The Balaban J connectivity index is 2.12. The first kappa shape index (κ1) is 17.3. The minimum atomic E-state index is -0.713. The number of hydrazone groups is 1. The summed E-state index contributed by atoms with van der Waals surface area (Å²) >= 11 is 0. The molecule has 0 aromatic heterocycles. The van der Waals surface area contributed by atoms with Gasteiger partial charge in [0.05, 0.1) is 12.8 Å². The molecule has 3 N–H and O–H groups in total. The van der Waals surface area contributed by atoms with Crippen LogP contribution >= 0.6 is 0 Å². The summed E-state index contributed by atoms with van der Waals surface area (Å²) in [5, 5.41) is 3.73. The minimum absolute atomic E-state index is 0.462. The van der Waals surface area contributed by atoms with Crippen LogP contribution in [0.1, 0.15) is 23.6 Å². The Morgan fingerprint density at radius 1 is 1.21 bits per heavy atom. The predicted molar refractivity (Wildman–Crippen MR) is 93.4 cm³/mol. The standard InChI is InChI=1S/C18H21N3O3/c1-3-23-17-10-14(11-20-21-18(19)22)8-9-16(17)24-12-15-7-5-4-6-13(15)2/h4-11H,3,12H2,1-2H3,(H3,19,21,22). The van der Waals surface area contributed by atoms with Crippen molar-refractivity contribution in [3.63, 3.8) is 0 Å². The quantitative estimate of drug-likeness (QED) is 0.605. The zero-order chi connectivity index (χ0) is 17.4. The van der Waals surface area contributed by atoms with Crippen LogP contribution in [0, 0.1) is 6.92 Å². The summed E-state index contributed by atoms with van der Waals surface area (Å²) in [5.41, 5.74) is 10.2. The number of nitrogens with zero attached hydrogens (tertiary/aromatic N) is 1.